The van der Waals surface area contributed by atoms with Gasteiger partial charge in [0.05, 0.1) is 6.54 Å². The summed E-state index contributed by atoms with van der Waals surface area (Å²) in [7, 11) is 0. The first-order chi connectivity index (χ1) is 13.0. The van der Waals surface area contributed by atoms with Crippen molar-refractivity contribution in [2.45, 2.75) is 44.2 Å². The van der Waals surface area contributed by atoms with Gasteiger partial charge in [-0.15, -0.1) is 0 Å². The van der Waals surface area contributed by atoms with Crippen molar-refractivity contribution in [2.75, 3.05) is 13.3 Å². The number of aliphatic carboxylic acids is 1. The van der Waals surface area contributed by atoms with Gasteiger partial charge in [0.25, 0.3) is 5.91 Å². The molecule has 1 aromatic rings. The summed E-state index contributed by atoms with van der Waals surface area (Å²) in [6.07, 6.45) is 4.37. The maximum atomic E-state index is 12.7. The smallest absolute Gasteiger partial charge is 0.326 e. The van der Waals surface area contributed by atoms with Crippen molar-refractivity contribution in [2.24, 2.45) is 5.92 Å². The first-order valence-electron chi connectivity index (χ1n) is 9.26. The molecule has 1 saturated heterocycles. The summed E-state index contributed by atoms with van der Waals surface area (Å²) in [5.41, 5.74) is 0.360. The average Bonchev–Trinajstić information content (AvgIpc) is 3.29. The zero-order valence-corrected chi connectivity index (χ0v) is 14.8. The molecule has 3 unspecified atom stereocenters. The van der Waals surface area contributed by atoms with Crippen LogP contribution in [0.1, 0.15) is 42.5 Å². The SMILES string of the molecule is O=C(NCC(=O)N1C(C(=O)O)CC2CCCCC21)c1ccc2c(c1)OCO2. The van der Waals surface area contributed by atoms with Crippen LogP contribution < -0.4 is 14.8 Å². The highest BCUT2D eigenvalue weighted by molar-refractivity contribution is 5.97. The van der Waals surface area contributed by atoms with Crippen LogP contribution in [0.2, 0.25) is 0 Å². The van der Waals surface area contributed by atoms with Gasteiger partial charge in [0.15, 0.2) is 11.5 Å². The monoisotopic (exact) mass is 374 g/mol. The molecule has 8 nitrogen and oxygen atoms in total. The van der Waals surface area contributed by atoms with E-state index < -0.39 is 17.9 Å². The highest BCUT2D eigenvalue weighted by atomic mass is 16.7. The van der Waals surface area contributed by atoms with E-state index in [0.29, 0.717) is 23.5 Å². The minimum Gasteiger partial charge on any atom is -0.480 e. The Labute approximate surface area is 156 Å². The second-order valence-electron chi connectivity index (χ2n) is 7.25. The lowest BCUT2D eigenvalue weighted by atomic mass is 9.85. The molecule has 2 aliphatic heterocycles. The molecule has 4 rings (SSSR count). The summed E-state index contributed by atoms with van der Waals surface area (Å²) >= 11 is 0. The van der Waals surface area contributed by atoms with Crippen LogP contribution in [0.5, 0.6) is 11.5 Å². The lowest BCUT2D eigenvalue weighted by Gasteiger charge is -2.33. The molecule has 144 valence electrons. The Morgan fingerprint density at radius 2 is 1.93 bits per heavy atom. The Morgan fingerprint density at radius 3 is 2.74 bits per heavy atom. The average molecular weight is 374 g/mol. The molecule has 0 spiro atoms. The summed E-state index contributed by atoms with van der Waals surface area (Å²) in [6.45, 7) is -0.104. The summed E-state index contributed by atoms with van der Waals surface area (Å²) in [5.74, 6) is -0.413. The number of carbonyl (C=O) groups excluding carboxylic acids is 2. The third kappa shape index (κ3) is 3.31. The largest absolute Gasteiger partial charge is 0.480 e. The fraction of sp³-hybridized carbons (Fsp3) is 0.526. The number of hydrogen-bond acceptors (Lipinski definition) is 5. The Balaban J connectivity index is 1.42. The number of nitrogens with one attached hydrogen (secondary N) is 1. The lowest BCUT2D eigenvalue weighted by Crippen LogP contribution is -2.50. The fourth-order valence-corrected chi connectivity index (χ4v) is 4.43. The topological polar surface area (TPSA) is 105 Å². The molecular formula is C19H22N2O6. The number of carboxylic acids is 1. The second-order valence-corrected chi connectivity index (χ2v) is 7.25. The molecule has 1 aliphatic carbocycles. The minimum absolute atomic E-state index is 0.0326. The number of benzene rings is 1. The van der Waals surface area contributed by atoms with Gasteiger partial charge >= 0.3 is 5.97 Å². The number of hydrogen-bond donors (Lipinski definition) is 2. The van der Waals surface area contributed by atoms with Crippen LogP contribution >= 0.6 is 0 Å². The number of carboxylic acid groups (broad SMARTS) is 1. The Morgan fingerprint density at radius 1 is 1.15 bits per heavy atom. The van der Waals surface area contributed by atoms with E-state index in [1.54, 1.807) is 18.2 Å². The zero-order chi connectivity index (χ0) is 19.0. The molecule has 0 bridgehead atoms. The molecule has 2 N–H and O–H groups in total. The van der Waals surface area contributed by atoms with Crippen LogP contribution in [0, 0.1) is 5.92 Å². The number of carbonyl (C=O) groups is 3. The van der Waals surface area contributed by atoms with Crippen molar-refractivity contribution in [1.82, 2.24) is 10.2 Å². The second kappa shape index (κ2) is 7.09. The molecule has 8 heteroatoms. The molecule has 0 radical (unpaired) electrons. The Hall–Kier alpha value is -2.77. The number of fused-ring (bicyclic) bond motifs is 2. The van der Waals surface area contributed by atoms with Crippen LogP contribution in [-0.2, 0) is 9.59 Å². The summed E-state index contributed by atoms with van der Waals surface area (Å²) in [6, 6.07) is 3.98. The van der Waals surface area contributed by atoms with E-state index in [4.69, 9.17) is 9.47 Å². The predicted molar refractivity (Wildman–Crippen MR) is 93.5 cm³/mol. The van der Waals surface area contributed by atoms with Crippen LogP contribution in [0.15, 0.2) is 18.2 Å². The Kier molecular flexibility index (Phi) is 4.63. The van der Waals surface area contributed by atoms with Gasteiger partial charge in [-0.25, -0.2) is 4.79 Å². The van der Waals surface area contributed by atoms with Gasteiger partial charge in [-0.3, -0.25) is 9.59 Å². The molecule has 3 aliphatic rings. The third-order valence-corrected chi connectivity index (χ3v) is 5.70. The van der Waals surface area contributed by atoms with Gasteiger partial charge in [0, 0.05) is 11.6 Å². The molecule has 2 amide bonds. The molecule has 1 saturated carbocycles. The van der Waals surface area contributed by atoms with Crippen molar-refractivity contribution in [3.8, 4) is 11.5 Å². The van der Waals surface area contributed by atoms with E-state index in [1.165, 1.54) is 4.90 Å². The number of ether oxygens (including phenoxy) is 2. The summed E-state index contributed by atoms with van der Waals surface area (Å²) < 4.78 is 10.5. The number of amides is 2. The van der Waals surface area contributed by atoms with Gasteiger partial charge in [-0.1, -0.05) is 12.8 Å². The van der Waals surface area contributed by atoms with Crippen LogP contribution in [0.4, 0.5) is 0 Å². The van der Waals surface area contributed by atoms with Gasteiger partial charge < -0.3 is 24.8 Å². The van der Waals surface area contributed by atoms with Crippen LogP contribution in [0.3, 0.4) is 0 Å². The van der Waals surface area contributed by atoms with Gasteiger partial charge in [-0.2, -0.15) is 0 Å². The van der Waals surface area contributed by atoms with Crippen molar-refractivity contribution in [3.05, 3.63) is 23.8 Å². The van der Waals surface area contributed by atoms with Crippen molar-refractivity contribution in [3.63, 3.8) is 0 Å². The van der Waals surface area contributed by atoms with Crippen molar-refractivity contribution >= 4 is 17.8 Å². The lowest BCUT2D eigenvalue weighted by molar-refractivity contribution is -0.149. The van der Waals surface area contributed by atoms with Crippen molar-refractivity contribution in [1.29, 1.82) is 0 Å². The fourth-order valence-electron chi connectivity index (χ4n) is 4.43. The van der Waals surface area contributed by atoms with E-state index in [9.17, 15) is 19.5 Å². The van der Waals surface area contributed by atoms with Gasteiger partial charge in [0.1, 0.15) is 6.04 Å². The first kappa shape index (κ1) is 17.6. The maximum Gasteiger partial charge on any atom is 0.326 e. The molecule has 2 heterocycles. The number of nitrogens with zero attached hydrogens (tertiary/aromatic N) is 1. The molecule has 3 atom stereocenters. The molecule has 0 aromatic heterocycles. The molecule has 1 aromatic carbocycles. The van der Waals surface area contributed by atoms with E-state index >= 15 is 0 Å². The van der Waals surface area contributed by atoms with Gasteiger partial charge in [-0.05, 0) is 43.4 Å². The standard InChI is InChI=1S/C19H22N2O6/c22-17(21-13-4-2-1-3-11(13)7-14(21)19(24)25)9-20-18(23)12-5-6-15-16(8-12)27-10-26-15/h5-6,8,11,13-14H,1-4,7,9-10H2,(H,20,23)(H,24,25). The van der Waals surface area contributed by atoms with Crippen LogP contribution in [0.25, 0.3) is 0 Å². The zero-order valence-electron chi connectivity index (χ0n) is 14.8. The minimum atomic E-state index is -0.972. The number of rotatable bonds is 4. The Bertz CT molecular complexity index is 779. The molecular weight excluding hydrogens is 352 g/mol. The van der Waals surface area contributed by atoms with E-state index in [-0.39, 0.29) is 31.2 Å². The highest BCUT2D eigenvalue weighted by Crippen LogP contribution is 2.39. The highest BCUT2D eigenvalue weighted by Gasteiger charge is 2.47. The molecule has 2 fully saturated rings. The van der Waals surface area contributed by atoms with E-state index in [1.807, 2.05) is 0 Å². The summed E-state index contributed by atoms with van der Waals surface area (Å²) in [5, 5.41) is 12.1. The van der Waals surface area contributed by atoms with E-state index in [0.717, 1.165) is 25.7 Å². The van der Waals surface area contributed by atoms with E-state index in [2.05, 4.69) is 5.32 Å². The number of likely N-dealkylation sites (tertiary alicyclic amines) is 1. The maximum absolute atomic E-state index is 12.7. The van der Waals surface area contributed by atoms with Crippen LogP contribution in [-0.4, -0.2) is 53.2 Å². The van der Waals surface area contributed by atoms with Crippen molar-refractivity contribution < 1.29 is 29.0 Å². The van der Waals surface area contributed by atoms with Gasteiger partial charge in [0.2, 0.25) is 12.7 Å². The summed E-state index contributed by atoms with van der Waals surface area (Å²) in [4.78, 5) is 38.2. The molecule has 27 heavy (non-hydrogen) atoms. The normalized spacial score (nSPS) is 25.8. The quantitative estimate of drug-likeness (QED) is 0.825. The first-order valence-corrected chi connectivity index (χ1v) is 9.26. The third-order valence-electron chi connectivity index (χ3n) is 5.70. The predicted octanol–water partition coefficient (Wildman–Crippen LogP) is 1.39.